The number of benzene rings is 1. The molecule has 1 unspecified atom stereocenters. The van der Waals surface area contributed by atoms with Crippen LogP contribution in [-0.2, 0) is 42.6 Å². The van der Waals surface area contributed by atoms with E-state index in [1.54, 1.807) is 24.7 Å². The Hall–Kier alpha value is 1.37. The summed E-state index contributed by atoms with van der Waals surface area (Å²) >= 11 is -1.06. The van der Waals surface area contributed by atoms with Crippen molar-refractivity contribution >= 4 is 23.1 Å². The van der Waals surface area contributed by atoms with Crippen molar-refractivity contribution in [3.63, 3.8) is 0 Å². The first-order chi connectivity index (χ1) is 8.98. The van der Waals surface area contributed by atoms with Crippen LogP contribution in [0.25, 0.3) is 6.08 Å². The summed E-state index contributed by atoms with van der Waals surface area (Å²) < 4.78 is 3.99. The molecule has 1 aromatic rings. The maximum absolute atomic E-state index is 6.01. The number of allylic oxidation sites excluding steroid dienone is 5. The molecular formula is C15H15Cl4Zr2. The molecule has 111 valence electrons. The molecule has 0 spiro atoms. The predicted octanol–water partition coefficient (Wildman–Crippen LogP) is -0.351. The molecule has 0 nitrogen and oxygen atoms in total. The van der Waals surface area contributed by atoms with E-state index in [1.807, 2.05) is 10.7 Å². The van der Waals surface area contributed by atoms with Crippen molar-refractivity contribution in [2.24, 2.45) is 0 Å². The summed E-state index contributed by atoms with van der Waals surface area (Å²) in [6.07, 6.45) is 11.7. The van der Waals surface area contributed by atoms with Crippen LogP contribution < -0.4 is 24.8 Å². The summed E-state index contributed by atoms with van der Waals surface area (Å²) in [5.41, 5.74) is 2.91. The number of fused-ring (bicyclic) bond motifs is 1. The van der Waals surface area contributed by atoms with E-state index in [0.717, 1.165) is 6.42 Å². The van der Waals surface area contributed by atoms with Gasteiger partial charge in [0.1, 0.15) is 0 Å². The molecule has 0 bridgehead atoms. The van der Waals surface area contributed by atoms with E-state index in [4.69, 9.17) is 17.0 Å². The zero-order chi connectivity index (χ0) is 13.9. The fourth-order valence-electron chi connectivity index (χ4n) is 2.02. The average molecular weight is 520 g/mol. The molecule has 0 aliphatic heterocycles. The van der Waals surface area contributed by atoms with E-state index in [0.29, 0.717) is 3.63 Å². The first-order valence-electron chi connectivity index (χ1n) is 6.21. The molecule has 0 heterocycles. The molecule has 0 aromatic heterocycles. The summed E-state index contributed by atoms with van der Waals surface area (Å²) in [6, 6.07) is 8.60. The zero-order valence-electron chi connectivity index (χ0n) is 11.5. The maximum atomic E-state index is 6.01. The van der Waals surface area contributed by atoms with Crippen molar-refractivity contribution in [2.75, 3.05) is 0 Å². The fraction of sp³-hybridized carbons (Fsp3) is 0.200. The van der Waals surface area contributed by atoms with Crippen molar-refractivity contribution in [3.05, 3.63) is 63.0 Å². The number of rotatable bonds is 1. The van der Waals surface area contributed by atoms with E-state index >= 15 is 0 Å². The second kappa shape index (κ2) is 10.3. The topological polar surface area (TPSA) is 0 Å². The van der Waals surface area contributed by atoms with Gasteiger partial charge in [0.2, 0.25) is 0 Å². The molecule has 1 aromatic carbocycles. The van der Waals surface area contributed by atoms with E-state index in [2.05, 4.69) is 48.6 Å². The van der Waals surface area contributed by atoms with Crippen LogP contribution in [0.3, 0.4) is 0 Å². The molecule has 0 amide bonds. The molecule has 2 aliphatic rings. The second-order valence-corrected chi connectivity index (χ2v) is 22.2. The average Bonchev–Trinajstić information content (AvgIpc) is 3.00. The van der Waals surface area contributed by atoms with Crippen LogP contribution >= 0.6 is 17.0 Å². The van der Waals surface area contributed by atoms with E-state index in [-0.39, 0.29) is 24.8 Å². The Labute approximate surface area is 166 Å². The summed E-state index contributed by atoms with van der Waals surface area (Å²) in [5, 5.41) is 0. The molecule has 0 saturated heterocycles. The minimum atomic E-state index is -2.65. The van der Waals surface area contributed by atoms with Gasteiger partial charge in [-0.05, 0) is 0 Å². The van der Waals surface area contributed by atoms with Crippen molar-refractivity contribution < 1.29 is 67.4 Å². The first-order valence-corrected chi connectivity index (χ1v) is 17.6. The number of hydrogen-bond donors (Lipinski definition) is 0. The molecular weight excluding hydrogens is 504 g/mol. The predicted molar refractivity (Wildman–Crippen MR) is 77.6 cm³/mol. The summed E-state index contributed by atoms with van der Waals surface area (Å²) in [6.45, 7) is 0. The van der Waals surface area contributed by atoms with Crippen LogP contribution in [0.1, 0.15) is 21.2 Å². The SMILES string of the molecule is [CH3][Zr]([Cl])([Cl])[C]1=CC=CC1.[Cl-].[Cl-].[Zr+2][CH]1C=Cc2ccccc21. The van der Waals surface area contributed by atoms with Gasteiger partial charge in [-0.25, -0.2) is 0 Å². The van der Waals surface area contributed by atoms with E-state index in [1.165, 1.54) is 14.4 Å². The molecule has 2 aliphatic carbocycles. The summed E-state index contributed by atoms with van der Waals surface area (Å²) in [4.78, 5) is 0. The minimum absolute atomic E-state index is 0. The van der Waals surface area contributed by atoms with Gasteiger partial charge in [0.25, 0.3) is 0 Å². The summed E-state index contributed by atoms with van der Waals surface area (Å²) in [7, 11) is 12.0. The Kier molecular flexibility index (Phi) is 10.9. The van der Waals surface area contributed by atoms with Gasteiger partial charge in [-0.2, -0.15) is 0 Å². The van der Waals surface area contributed by atoms with Crippen LogP contribution in [0.15, 0.2) is 51.9 Å². The Morgan fingerprint density at radius 2 is 1.86 bits per heavy atom. The van der Waals surface area contributed by atoms with Gasteiger partial charge < -0.3 is 24.8 Å². The van der Waals surface area contributed by atoms with Gasteiger partial charge in [0, 0.05) is 0 Å². The Morgan fingerprint density at radius 1 is 1.19 bits per heavy atom. The van der Waals surface area contributed by atoms with Crippen LogP contribution in [0.4, 0.5) is 0 Å². The van der Waals surface area contributed by atoms with E-state index < -0.39 is 17.9 Å². The third-order valence-corrected chi connectivity index (χ3v) is 10.9. The van der Waals surface area contributed by atoms with Gasteiger partial charge >= 0.3 is 143 Å². The molecule has 0 N–H and O–H groups in total. The molecule has 0 saturated carbocycles. The van der Waals surface area contributed by atoms with Crippen molar-refractivity contribution in [1.82, 2.24) is 0 Å². The normalized spacial score (nSPS) is 18.0. The van der Waals surface area contributed by atoms with Crippen molar-refractivity contribution in [1.29, 1.82) is 0 Å². The van der Waals surface area contributed by atoms with Crippen LogP contribution in [0, 0.1) is 0 Å². The van der Waals surface area contributed by atoms with Crippen LogP contribution in [0.2, 0.25) is 4.63 Å². The van der Waals surface area contributed by atoms with Gasteiger partial charge in [-0.15, -0.1) is 0 Å². The standard InChI is InChI=1S/C9H7.C5H5.CH3.4ClH.2Zr/c1-2-5-9-7-3-6-8(9)4-1;1-2-4-5-3-1;;;;;;;/h1-7H;1-3H,4H2;1H3;4*1H;;/q;;;;;;;2*+2/p-4. The molecule has 6 heteroatoms. The molecule has 21 heavy (non-hydrogen) atoms. The fourth-order valence-corrected chi connectivity index (χ4v) is 6.69. The van der Waals surface area contributed by atoms with Crippen molar-refractivity contribution in [2.45, 2.75) is 14.7 Å². The number of hydrogen-bond acceptors (Lipinski definition) is 0. The zero-order valence-corrected chi connectivity index (χ0v) is 19.4. The quantitative estimate of drug-likeness (QED) is 0.476. The van der Waals surface area contributed by atoms with Crippen LogP contribution in [-0.4, -0.2) is 0 Å². The number of halogens is 4. The van der Waals surface area contributed by atoms with Crippen LogP contribution in [0.5, 0.6) is 0 Å². The Morgan fingerprint density at radius 3 is 2.33 bits per heavy atom. The Balaban J connectivity index is 0.000000350. The third kappa shape index (κ3) is 6.79. The van der Waals surface area contributed by atoms with Gasteiger partial charge in [0.15, 0.2) is 0 Å². The molecule has 0 fully saturated rings. The first kappa shape index (κ1) is 22.4. The molecule has 1 atom stereocenters. The Bertz CT molecular complexity index is 545. The molecule has 3 rings (SSSR count). The summed E-state index contributed by atoms with van der Waals surface area (Å²) in [5.74, 6) is 0. The van der Waals surface area contributed by atoms with E-state index in [9.17, 15) is 0 Å². The van der Waals surface area contributed by atoms with Gasteiger partial charge in [0.05, 0.1) is 0 Å². The third-order valence-electron chi connectivity index (χ3n) is 3.13. The van der Waals surface area contributed by atoms with Crippen molar-refractivity contribution in [3.8, 4) is 0 Å². The molecule has 0 radical (unpaired) electrons. The monoisotopic (exact) mass is 515 g/mol. The van der Waals surface area contributed by atoms with Gasteiger partial charge in [-0.1, -0.05) is 0 Å². The second-order valence-electron chi connectivity index (χ2n) is 4.68. The van der Waals surface area contributed by atoms with Gasteiger partial charge in [-0.3, -0.25) is 0 Å².